The molecule has 0 saturated carbocycles. The highest BCUT2D eigenvalue weighted by molar-refractivity contribution is 7.13. The van der Waals surface area contributed by atoms with E-state index in [-0.39, 0.29) is 17.6 Å². The van der Waals surface area contributed by atoms with Crippen LogP contribution in [0.1, 0.15) is 52.0 Å². The molecule has 1 aromatic carbocycles. The first kappa shape index (κ1) is 19.1. The average Bonchev–Trinajstić information content (AvgIpc) is 3.36. The number of thiazole rings is 1. The molecule has 1 unspecified atom stereocenters. The van der Waals surface area contributed by atoms with Crippen molar-refractivity contribution < 1.29 is 9.59 Å². The van der Waals surface area contributed by atoms with E-state index in [1.807, 2.05) is 0 Å². The fourth-order valence-corrected chi connectivity index (χ4v) is 3.96. The zero-order chi connectivity index (χ0) is 20.4. The SMILES string of the molecule is NC(=O)c1c(-c2ccc(C(=O)Nc3nccs3)cc2)nc(C2CCCCN2)n1N. The highest BCUT2D eigenvalue weighted by Gasteiger charge is 2.27. The number of nitrogen functional groups attached to an aromatic ring is 1. The summed E-state index contributed by atoms with van der Waals surface area (Å²) in [5, 5.41) is 8.42. The first-order chi connectivity index (χ1) is 14.0. The Bertz CT molecular complexity index is 1020. The second kappa shape index (κ2) is 8.02. The molecule has 3 aromatic rings. The number of rotatable bonds is 5. The molecule has 150 valence electrons. The van der Waals surface area contributed by atoms with Crippen LogP contribution in [0, 0.1) is 0 Å². The number of amides is 2. The molecule has 9 nitrogen and oxygen atoms in total. The van der Waals surface area contributed by atoms with Crippen molar-refractivity contribution in [2.45, 2.75) is 25.3 Å². The van der Waals surface area contributed by atoms with Crippen molar-refractivity contribution in [1.29, 1.82) is 0 Å². The number of aromatic nitrogens is 3. The number of carbonyl (C=O) groups is 2. The molecule has 2 amide bonds. The third-order valence-electron chi connectivity index (χ3n) is 4.87. The Hall–Kier alpha value is -3.24. The Balaban J connectivity index is 1.63. The summed E-state index contributed by atoms with van der Waals surface area (Å²) in [7, 11) is 0. The molecule has 1 aliphatic heterocycles. The molecule has 1 fully saturated rings. The molecule has 29 heavy (non-hydrogen) atoms. The van der Waals surface area contributed by atoms with Gasteiger partial charge in [-0.05, 0) is 31.5 Å². The smallest absolute Gasteiger partial charge is 0.269 e. The zero-order valence-corrected chi connectivity index (χ0v) is 16.4. The third kappa shape index (κ3) is 3.84. The van der Waals surface area contributed by atoms with Crippen LogP contribution in [0.15, 0.2) is 35.8 Å². The predicted molar refractivity (Wildman–Crippen MR) is 111 cm³/mol. The number of primary amides is 1. The van der Waals surface area contributed by atoms with Crippen LogP contribution in [-0.2, 0) is 0 Å². The maximum atomic E-state index is 12.3. The van der Waals surface area contributed by atoms with Gasteiger partial charge in [0.05, 0.1) is 6.04 Å². The Labute approximate surface area is 171 Å². The second-order valence-electron chi connectivity index (χ2n) is 6.77. The number of benzene rings is 1. The minimum atomic E-state index is -0.650. The largest absolute Gasteiger partial charge is 0.364 e. The van der Waals surface area contributed by atoms with Crippen LogP contribution < -0.4 is 22.2 Å². The van der Waals surface area contributed by atoms with Gasteiger partial charge in [-0.25, -0.2) is 14.6 Å². The highest BCUT2D eigenvalue weighted by atomic mass is 32.1. The van der Waals surface area contributed by atoms with Gasteiger partial charge in [0, 0.05) is 22.7 Å². The van der Waals surface area contributed by atoms with E-state index in [1.54, 1.807) is 35.8 Å². The summed E-state index contributed by atoms with van der Waals surface area (Å²) >= 11 is 1.34. The molecule has 10 heteroatoms. The molecule has 0 spiro atoms. The summed E-state index contributed by atoms with van der Waals surface area (Å²) in [5.41, 5.74) is 7.26. The van der Waals surface area contributed by atoms with E-state index < -0.39 is 5.91 Å². The monoisotopic (exact) mass is 411 g/mol. The molecule has 3 heterocycles. The minimum Gasteiger partial charge on any atom is -0.364 e. The van der Waals surface area contributed by atoms with Gasteiger partial charge in [0.1, 0.15) is 11.5 Å². The summed E-state index contributed by atoms with van der Waals surface area (Å²) in [4.78, 5) is 33.1. The van der Waals surface area contributed by atoms with Crippen LogP contribution >= 0.6 is 11.3 Å². The van der Waals surface area contributed by atoms with Crippen LogP contribution in [0.2, 0.25) is 0 Å². The van der Waals surface area contributed by atoms with Crippen molar-refractivity contribution in [2.24, 2.45) is 5.73 Å². The molecule has 4 rings (SSSR count). The maximum absolute atomic E-state index is 12.3. The van der Waals surface area contributed by atoms with Crippen LogP contribution in [-0.4, -0.2) is 33.0 Å². The highest BCUT2D eigenvalue weighted by Crippen LogP contribution is 2.29. The maximum Gasteiger partial charge on any atom is 0.269 e. The Kier molecular flexibility index (Phi) is 5.28. The number of anilines is 1. The molecule has 6 N–H and O–H groups in total. The number of nitrogens with zero attached hydrogens (tertiary/aromatic N) is 3. The summed E-state index contributed by atoms with van der Waals surface area (Å²) < 4.78 is 1.28. The van der Waals surface area contributed by atoms with Gasteiger partial charge in [0.25, 0.3) is 11.8 Å². The summed E-state index contributed by atoms with van der Waals surface area (Å²) in [6, 6.07) is 6.76. The Morgan fingerprint density at radius 3 is 2.66 bits per heavy atom. The summed E-state index contributed by atoms with van der Waals surface area (Å²) in [6.45, 7) is 0.877. The quantitative estimate of drug-likeness (QED) is 0.473. The van der Waals surface area contributed by atoms with Gasteiger partial charge in [-0.1, -0.05) is 18.6 Å². The first-order valence-electron chi connectivity index (χ1n) is 9.27. The van der Waals surface area contributed by atoms with Crippen LogP contribution in [0.4, 0.5) is 5.13 Å². The van der Waals surface area contributed by atoms with E-state index in [2.05, 4.69) is 20.6 Å². The minimum absolute atomic E-state index is 0.0241. The van der Waals surface area contributed by atoms with E-state index in [0.717, 1.165) is 25.8 Å². The number of imidazole rings is 1. The van der Waals surface area contributed by atoms with Crippen molar-refractivity contribution in [3.8, 4) is 11.3 Å². The average molecular weight is 411 g/mol. The summed E-state index contributed by atoms with van der Waals surface area (Å²) in [6.07, 6.45) is 4.68. The van der Waals surface area contributed by atoms with E-state index >= 15 is 0 Å². The molecule has 0 aliphatic carbocycles. The number of nitrogens with two attached hydrogens (primary N) is 2. The molecular weight excluding hydrogens is 390 g/mol. The van der Waals surface area contributed by atoms with Gasteiger partial charge < -0.3 is 16.9 Å². The van der Waals surface area contributed by atoms with Gasteiger partial charge in [-0.3, -0.25) is 14.9 Å². The summed E-state index contributed by atoms with van der Waals surface area (Å²) in [5.74, 6) is 5.84. The fourth-order valence-electron chi connectivity index (χ4n) is 3.44. The van der Waals surface area contributed by atoms with Gasteiger partial charge in [0.2, 0.25) is 0 Å². The topological polar surface area (TPSA) is 141 Å². The lowest BCUT2D eigenvalue weighted by atomic mass is 10.0. The van der Waals surface area contributed by atoms with Crippen LogP contribution in [0.3, 0.4) is 0 Å². The lowest BCUT2D eigenvalue weighted by molar-refractivity contribution is 0.0991. The molecule has 1 saturated heterocycles. The van der Waals surface area contributed by atoms with Crippen molar-refractivity contribution in [1.82, 2.24) is 20.0 Å². The first-order valence-corrected chi connectivity index (χ1v) is 10.1. The predicted octanol–water partition coefficient (Wildman–Crippen LogP) is 1.89. The Morgan fingerprint density at radius 1 is 1.24 bits per heavy atom. The standard InChI is InChI=1S/C19H21N7O2S/c20-16(27)15-14(24-17(26(15)21)13-3-1-2-8-22-13)11-4-6-12(7-5-11)18(28)25-19-23-9-10-29-19/h4-7,9-10,13,22H,1-3,8,21H2,(H2,20,27)(H,23,25,28). The number of nitrogens with one attached hydrogen (secondary N) is 2. The zero-order valence-electron chi connectivity index (χ0n) is 15.6. The van der Waals surface area contributed by atoms with Crippen molar-refractivity contribution in [2.75, 3.05) is 17.7 Å². The fraction of sp³-hybridized carbons (Fsp3) is 0.263. The molecule has 0 radical (unpaired) electrons. The van der Waals surface area contributed by atoms with Crippen molar-refractivity contribution in [3.05, 3.63) is 52.9 Å². The molecule has 1 aliphatic rings. The number of carbonyl (C=O) groups excluding carboxylic acids is 2. The van der Waals surface area contributed by atoms with Crippen LogP contribution in [0.25, 0.3) is 11.3 Å². The van der Waals surface area contributed by atoms with E-state index in [0.29, 0.717) is 27.8 Å². The van der Waals surface area contributed by atoms with E-state index in [4.69, 9.17) is 11.6 Å². The van der Waals surface area contributed by atoms with Gasteiger partial charge in [-0.2, -0.15) is 0 Å². The van der Waals surface area contributed by atoms with Crippen molar-refractivity contribution >= 4 is 28.3 Å². The van der Waals surface area contributed by atoms with Crippen LogP contribution in [0.5, 0.6) is 0 Å². The Morgan fingerprint density at radius 2 is 2.03 bits per heavy atom. The van der Waals surface area contributed by atoms with Gasteiger partial charge >= 0.3 is 0 Å². The number of hydrogen-bond acceptors (Lipinski definition) is 7. The number of piperidine rings is 1. The molecule has 2 aromatic heterocycles. The third-order valence-corrected chi connectivity index (χ3v) is 5.56. The number of hydrogen-bond donors (Lipinski definition) is 4. The normalized spacial score (nSPS) is 16.5. The van der Waals surface area contributed by atoms with Crippen molar-refractivity contribution in [3.63, 3.8) is 0 Å². The lowest BCUT2D eigenvalue weighted by Crippen LogP contribution is -2.32. The van der Waals surface area contributed by atoms with E-state index in [1.165, 1.54) is 16.0 Å². The molecular formula is C19H21N7O2S. The lowest BCUT2D eigenvalue weighted by Gasteiger charge is -2.22. The van der Waals surface area contributed by atoms with E-state index in [9.17, 15) is 9.59 Å². The second-order valence-corrected chi connectivity index (χ2v) is 7.67. The molecule has 0 bridgehead atoms. The van der Waals surface area contributed by atoms with Gasteiger partial charge in [-0.15, -0.1) is 11.3 Å². The van der Waals surface area contributed by atoms with Gasteiger partial charge in [0.15, 0.2) is 10.8 Å². The molecule has 1 atom stereocenters.